The summed E-state index contributed by atoms with van der Waals surface area (Å²) in [6, 6.07) is 0. The van der Waals surface area contributed by atoms with Crippen LogP contribution < -0.4 is 5.32 Å². The van der Waals surface area contributed by atoms with Crippen LogP contribution in [0.25, 0.3) is 0 Å². The lowest BCUT2D eigenvalue weighted by Crippen LogP contribution is -2.26. The normalized spacial score (nSPS) is 28.0. The van der Waals surface area contributed by atoms with Crippen molar-refractivity contribution < 1.29 is 0 Å². The van der Waals surface area contributed by atoms with Crippen LogP contribution in [0.1, 0.15) is 25.7 Å². The van der Waals surface area contributed by atoms with Gasteiger partial charge in [-0.2, -0.15) is 0 Å². The molecule has 0 bridgehead atoms. The molecule has 1 N–H and O–H groups in total. The Hall–Kier alpha value is -0.300. The maximum atomic E-state index is 3.38. The maximum Gasteiger partial charge on any atom is -0.00433 e. The molecule has 62 valence electrons. The molecule has 1 saturated carbocycles. The molecule has 1 aliphatic heterocycles. The van der Waals surface area contributed by atoms with Crippen molar-refractivity contribution in [2.75, 3.05) is 13.1 Å². The predicted molar refractivity (Wildman–Crippen MR) is 47.5 cm³/mol. The minimum absolute atomic E-state index is 0.886. The number of hydrogen-bond donors (Lipinski definition) is 1. The van der Waals surface area contributed by atoms with Gasteiger partial charge in [0, 0.05) is 0 Å². The molecule has 0 atom stereocenters. The summed E-state index contributed by atoms with van der Waals surface area (Å²) in [5, 5.41) is 3.38. The Morgan fingerprint density at radius 1 is 0.818 bits per heavy atom. The van der Waals surface area contributed by atoms with Crippen LogP contribution in [-0.2, 0) is 0 Å². The molecule has 2 fully saturated rings. The fourth-order valence-corrected chi connectivity index (χ4v) is 1.64. The van der Waals surface area contributed by atoms with E-state index in [0.29, 0.717) is 0 Å². The third-order valence-electron chi connectivity index (χ3n) is 2.66. The molecule has 1 nitrogen and oxygen atoms in total. The predicted octanol–water partition coefficient (Wildman–Crippen LogP) is 1.95. The summed E-state index contributed by atoms with van der Waals surface area (Å²) in [5.41, 5.74) is 0. The van der Waals surface area contributed by atoms with E-state index in [1.54, 1.807) is 0 Å². The fourth-order valence-electron chi connectivity index (χ4n) is 1.64. The van der Waals surface area contributed by atoms with Gasteiger partial charge in [0.15, 0.2) is 0 Å². The second-order valence-corrected chi connectivity index (χ2v) is 3.81. The molecular weight excluding hydrogens is 134 g/mol. The standard InChI is InChI=1S/C10H17N/c1-2-9(1)3-4-10-5-7-11-8-6-10/h3-4,9-11H,1-2,5-8H2/b4-3+. The summed E-state index contributed by atoms with van der Waals surface area (Å²) in [6.07, 6.45) is 10.5. The number of piperidine rings is 1. The first-order valence-electron chi connectivity index (χ1n) is 4.84. The van der Waals surface area contributed by atoms with Crippen LogP contribution in [0.5, 0.6) is 0 Å². The van der Waals surface area contributed by atoms with E-state index in [1.165, 1.54) is 38.8 Å². The van der Waals surface area contributed by atoms with E-state index in [1.807, 2.05) is 0 Å². The first-order chi connectivity index (χ1) is 5.45. The average Bonchev–Trinajstić information content (AvgIpc) is 2.86. The maximum absolute atomic E-state index is 3.38. The lowest BCUT2D eigenvalue weighted by atomic mass is 9.97. The van der Waals surface area contributed by atoms with Crippen LogP contribution in [0, 0.1) is 11.8 Å². The van der Waals surface area contributed by atoms with E-state index >= 15 is 0 Å². The highest BCUT2D eigenvalue weighted by atomic mass is 14.9. The van der Waals surface area contributed by atoms with Gasteiger partial charge in [0.05, 0.1) is 0 Å². The lowest BCUT2D eigenvalue weighted by Gasteiger charge is -2.19. The molecule has 2 aliphatic rings. The first-order valence-corrected chi connectivity index (χ1v) is 4.84. The summed E-state index contributed by atoms with van der Waals surface area (Å²) in [6.45, 7) is 2.44. The van der Waals surface area contributed by atoms with E-state index in [2.05, 4.69) is 17.5 Å². The highest BCUT2D eigenvalue weighted by molar-refractivity contribution is 4.99. The zero-order chi connectivity index (χ0) is 7.52. The van der Waals surface area contributed by atoms with E-state index in [0.717, 1.165) is 11.8 Å². The summed E-state index contributed by atoms with van der Waals surface area (Å²) in [7, 11) is 0. The van der Waals surface area contributed by atoms with Crippen LogP contribution in [0.2, 0.25) is 0 Å². The van der Waals surface area contributed by atoms with Gasteiger partial charge >= 0.3 is 0 Å². The van der Waals surface area contributed by atoms with E-state index < -0.39 is 0 Å². The van der Waals surface area contributed by atoms with E-state index in [-0.39, 0.29) is 0 Å². The SMILES string of the molecule is C(=C\C1CC1)/C1CCNCC1. The molecular formula is C10H17N. The zero-order valence-electron chi connectivity index (χ0n) is 7.05. The summed E-state index contributed by atoms with van der Waals surface area (Å²) >= 11 is 0. The molecule has 1 saturated heterocycles. The van der Waals surface area contributed by atoms with Gasteiger partial charge < -0.3 is 5.32 Å². The molecule has 1 heteroatoms. The molecule has 0 unspecified atom stereocenters. The van der Waals surface area contributed by atoms with Crippen molar-refractivity contribution in [1.29, 1.82) is 0 Å². The van der Waals surface area contributed by atoms with Crippen molar-refractivity contribution in [3.05, 3.63) is 12.2 Å². The third kappa shape index (κ3) is 2.33. The Bertz CT molecular complexity index is 141. The Morgan fingerprint density at radius 2 is 1.36 bits per heavy atom. The minimum atomic E-state index is 0.886. The van der Waals surface area contributed by atoms with Gasteiger partial charge in [-0.1, -0.05) is 12.2 Å². The smallest absolute Gasteiger partial charge is 0.00433 e. The van der Waals surface area contributed by atoms with E-state index in [4.69, 9.17) is 0 Å². The largest absolute Gasteiger partial charge is 0.317 e. The van der Waals surface area contributed by atoms with Gasteiger partial charge in [-0.15, -0.1) is 0 Å². The molecule has 2 rings (SSSR count). The summed E-state index contributed by atoms with van der Waals surface area (Å²) in [5.74, 6) is 1.85. The average molecular weight is 151 g/mol. The molecule has 11 heavy (non-hydrogen) atoms. The molecule has 1 heterocycles. The fraction of sp³-hybridized carbons (Fsp3) is 0.800. The highest BCUT2D eigenvalue weighted by Crippen LogP contribution is 2.31. The van der Waals surface area contributed by atoms with Crippen molar-refractivity contribution in [1.82, 2.24) is 5.32 Å². The summed E-state index contributed by atoms with van der Waals surface area (Å²) in [4.78, 5) is 0. The Kier molecular flexibility index (Phi) is 2.27. The third-order valence-corrected chi connectivity index (χ3v) is 2.66. The molecule has 0 spiro atoms. The molecule has 0 aromatic carbocycles. The van der Waals surface area contributed by atoms with E-state index in [9.17, 15) is 0 Å². The second-order valence-electron chi connectivity index (χ2n) is 3.81. The van der Waals surface area contributed by atoms with Crippen molar-refractivity contribution in [3.8, 4) is 0 Å². The van der Waals surface area contributed by atoms with Crippen molar-refractivity contribution in [2.45, 2.75) is 25.7 Å². The molecule has 0 amide bonds. The number of nitrogens with one attached hydrogen (secondary N) is 1. The molecule has 0 aromatic rings. The lowest BCUT2D eigenvalue weighted by molar-refractivity contribution is 0.436. The van der Waals surface area contributed by atoms with Crippen molar-refractivity contribution in [3.63, 3.8) is 0 Å². The quantitative estimate of drug-likeness (QED) is 0.595. The monoisotopic (exact) mass is 151 g/mol. The minimum Gasteiger partial charge on any atom is -0.317 e. The Balaban J connectivity index is 1.74. The number of hydrogen-bond acceptors (Lipinski definition) is 1. The van der Waals surface area contributed by atoms with Gasteiger partial charge in [-0.25, -0.2) is 0 Å². The van der Waals surface area contributed by atoms with Gasteiger partial charge in [0.2, 0.25) is 0 Å². The zero-order valence-corrected chi connectivity index (χ0v) is 7.05. The van der Waals surface area contributed by atoms with Gasteiger partial charge in [-0.05, 0) is 50.6 Å². The molecule has 1 aliphatic carbocycles. The number of rotatable bonds is 2. The van der Waals surface area contributed by atoms with Gasteiger partial charge in [0.25, 0.3) is 0 Å². The van der Waals surface area contributed by atoms with Crippen LogP contribution in [0.15, 0.2) is 12.2 Å². The molecule has 0 radical (unpaired) electrons. The topological polar surface area (TPSA) is 12.0 Å². The highest BCUT2D eigenvalue weighted by Gasteiger charge is 2.18. The van der Waals surface area contributed by atoms with Crippen LogP contribution in [-0.4, -0.2) is 13.1 Å². The van der Waals surface area contributed by atoms with Crippen molar-refractivity contribution in [2.24, 2.45) is 11.8 Å². The van der Waals surface area contributed by atoms with Crippen molar-refractivity contribution >= 4 is 0 Å². The van der Waals surface area contributed by atoms with Crippen LogP contribution in [0.3, 0.4) is 0 Å². The molecule has 0 aromatic heterocycles. The van der Waals surface area contributed by atoms with Crippen LogP contribution >= 0.6 is 0 Å². The van der Waals surface area contributed by atoms with Gasteiger partial charge in [0.1, 0.15) is 0 Å². The second kappa shape index (κ2) is 3.40. The Morgan fingerprint density at radius 3 is 1.91 bits per heavy atom. The summed E-state index contributed by atoms with van der Waals surface area (Å²) < 4.78 is 0. The first kappa shape index (κ1) is 7.35. The van der Waals surface area contributed by atoms with Crippen LogP contribution in [0.4, 0.5) is 0 Å². The Labute approximate surface area is 68.9 Å². The van der Waals surface area contributed by atoms with Gasteiger partial charge in [-0.3, -0.25) is 0 Å². The number of allylic oxidation sites excluding steroid dienone is 2.